The molecule has 2 aliphatic rings. The smallest absolute Gasteiger partial charge is 0.188 e. The number of hydrogen-bond acceptors (Lipinski definition) is 3. The minimum atomic E-state index is -0.210. The summed E-state index contributed by atoms with van der Waals surface area (Å²) in [6, 6.07) is 6.82. The molecule has 4 heteroatoms. The van der Waals surface area contributed by atoms with Crippen LogP contribution in [0.4, 0.5) is 4.39 Å². The Morgan fingerprint density at radius 2 is 2.38 bits per heavy atom. The zero-order valence-electron chi connectivity index (χ0n) is 8.82. The van der Waals surface area contributed by atoms with Crippen molar-refractivity contribution >= 4 is 5.90 Å². The molecule has 3 nitrogen and oxygen atoms in total. The highest BCUT2D eigenvalue weighted by molar-refractivity contribution is 5.80. The summed E-state index contributed by atoms with van der Waals surface area (Å²) in [5.74, 6) is 0.528. The number of ether oxygens (including phenoxy) is 1. The summed E-state index contributed by atoms with van der Waals surface area (Å²) in [4.78, 5) is 4.48. The van der Waals surface area contributed by atoms with E-state index in [4.69, 9.17) is 4.74 Å². The lowest BCUT2D eigenvalue weighted by molar-refractivity contribution is 0.220. The molecule has 2 unspecified atom stereocenters. The summed E-state index contributed by atoms with van der Waals surface area (Å²) in [6.07, 6.45) is 0.772. The quantitative estimate of drug-likeness (QED) is 0.810. The molecule has 0 aliphatic carbocycles. The molecule has 0 aromatic heterocycles. The summed E-state index contributed by atoms with van der Waals surface area (Å²) < 4.78 is 18.7. The number of aliphatic imine (C=N–C) groups is 1. The van der Waals surface area contributed by atoms with E-state index >= 15 is 0 Å². The Kier molecular flexibility index (Phi) is 2.36. The SMILES string of the molecule is Fc1cccc(CC2=NC3CNCC3O2)c1. The third kappa shape index (κ3) is 1.80. The van der Waals surface area contributed by atoms with Crippen molar-refractivity contribution in [2.75, 3.05) is 13.1 Å². The van der Waals surface area contributed by atoms with Crippen molar-refractivity contribution in [1.29, 1.82) is 0 Å². The van der Waals surface area contributed by atoms with Gasteiger partial charge in [-0.2, -0.15) is 0 Å². The predicted molar refractivity (Wildman–Crippen MR) is 59.1 cm³/mol. The largest absolute Gasteiger partial charge is 0.474 e. The first-order chi connectivity index (χ1) is 7.81. The zero-order valence-corrected chi connectivity index (χ0v) is 8.82. The fourth-order valence-electron chi connectivity index (χ4n) is 2.19. The van der Waals surface area contributed by atoms with Gasteiger partial charge in [-0.1, -0.05) is 12.1 Å². The number of nitrogens with one attached hydrogen (secondary N) is 1. The van der Waals surface area contributed by atoms with Crippen LogP contribution in [0.5, 0.6) is 0 Å². The third-order valence-corrected chi connectivity index (χ3v) is 2.97. The molecule has 3 rings (SSSR count). The number of hydrogen-bond donors (Lipinski definition) is 1. The molecule has 84 valence electrons. The van der Waals surface area contributed by atoms with E-state index in [-0.39, 0.29) is 18.0 Å². The van der Waals surface area contributed by atoms with E-state index in [0.717, 1.165) is 24.6 Å². The van der Waals surface area contributed by atoms with Gasteiger partial charge in [0.15, 0.2) is 5.90 Å². The Morgan fingerprint density at radius 3 is 3.19 bits per heavy atom. The highest BCUT2D eigenvalue weighted by Crippen LogP contribution is 2.19. The van der Waals surface area contributed by atoms with Crippen molar-refractivity contribution in [2.24, 2.45) is 4.99 Å². The third-order valence-electron chi connectivity index (χ3n) is 2.97. The molecule has 0 amide bonds. The second kappa shape index (κ2) is 3.87. The van der Waals surface area contributed by atoms with Gasteiger partial charge in [-0.25, -0.2) is 9.38 Å². The van der Waals surface area contributed by atoms with Gasteiger partial charge in [0.2, 0.25) is 0 Å². The first kappa shape index (κ1) is 9.78. The molecule has 1 aromatic carbocycles. The number of fused-ring (bicyclic) bond motifs is 1. The van der Waals surface area contributed by atoms with Crippen LogP contribution in [-0.4, -0.2) is 31.1 Å². The number of nitrogens with zero attached hydrogens (tertiary/aromatic N) is 1. The van der Waals surface area contributed by atoms with Crippen molar-refractivity contribution in [1.82, 2.24) is 5.32 Å². The van der Waals surface area contributed by atoms with Crippen molar-refractivity contribution < 1.29 is 9.13 Å². The fraction of sp³-hybridized carbons (Fsp3) is 0.417. The van der Waals surface area contributed by atoms with Crippen LogP contribution < -0.4 is 5.32 Å². The number of halogens is 1. The summed E-state index contributed by atoms with van der Waals surface area (Å²) in [5.41, 5.74) is 0.909. The molecular formula is C12H13FN2O. The molecule has 16 heavy (non-hydrogen) atoms. The Labute approximate surface area is 93.3 Å². The lowest BCUT2D eigenvalue weighted by atomic mass is 10.1. The number of rotatable bonds is 2. The van der Waals surface area contributed by atoms with E-state index < -0.39 is 0 Å². The number of benzene rings is 1. The van der Waals surface area contributed by atoms with Gasteiger partial charge in [0, 0.05) is 19.5 Å². The van der Waals surface area contributed by atoms with E-state index in [1.807, 2.05) is 6.07 Å². The van der Waals surface area contributed by atoms with Crippen molar-refractivity contribution in [3.05, 3.63) is 35.6 Å². The van der Waals surface area contributed by atoms with Gasteiger partial charge in [-0.15, -0.1) is 0 Å². The van der Waals surface area contributed by atoms with Gasteiger partial charge in [0.25, 0.3) is 0 Å². The molecule has 1 saturated heterocycles. The maximum absolute atomic E-state index is 13.0. The van der Waals surface area contributed by atoms with Crippen LogP contribution in [0.1, 0.15) is 5.56 Å². The molecular weight excluding hydrogens is 207 g/mol. The van der Waals surface area contributed by atoms with Gasteiger partial charge in [0.05, 0.1) is 0 Å². The van der Waals surface area contributed by atoms with E-state index in [9.17, 15) is 4.39 Å². The molecule has 2 atom stereocenters. The first-order valence-corrected chi connectivity index (χ1v) is 5.50. The van der Waals surface area contributed by atoms with E-state index in [1.165, 1.54) is 12.1 Å². The first-order valence-electron chi connectivity index (χ1n) is 5.50. The average Bonchev–Trinajstić information content (AvgIpc) is 2.77. The Morgan fingerprint density at radius 1 is 1.44 bits per heavy atom. The van der Waals surface area contributed by atoms with Gasteiger partial charge in [0.1, 0.15) is 18.0 Å². The van der Waals surface area contributed by atoms with Crippen LogP contribution in [0, 0.1) is 5.82 Å². The highest BCUT2D eigenvalue weighted by atomic mass is 19.1. The lowest BCUT2D eigenvalue weighted by Gasteiger charge is -2.07. The van der Waals surface area contributed by atoms with Crippen molar-refractivity contribution in [3.63, 3.8) is 0 Å². The Hall–Kier alpha value is -1.42. The molecule has 0 spiro atoms. The van der Waals surface area contributed by atoms with Crippen LogP contribution in [0.25, 0.3) is 0 Å². The van der Waals surface area contributed by atoms with Crippen LogP contribution in [0.2, 0.25) is 0 Å². The zero-order chi connectivity index (χ0) is 11.0. The monoisotopic (exact) mass is 220 g/mol. The second-order valence-electron chi connectivity index (χ2n) is 4.21. The predicted octanol–water partition coefficient (Wildman–Crippen LogP) is 1.14. The van der Waals surface area contributed by atoms with E-state index in [2.05, 4.69) is 10.3 Å². The fourth-order valence-corrected chi connectivity index (χ4v) is 2.19. The van der Waals surface area contributed by atoms with Crippen molar-refractivity contribution in [3.8, 4) is 0 Å². The van der Waals surface area contributed by atoms with Gasteiger partial charge in [-0.3, -0.25) is 0 Å². The minimum absolute atomic E-state index is 0.184. The topological polar surface area (TPSA) is 33.6 Å². The summed E-state index contributed by atoms with van der Waals surface area (Å²) in [6.45, 7) is 1.75. The Bertz CT molecular complexity index is 433. The van der Waals surface area contributed by atoms with Gasteiger partial charge < -0.3 is 10.1 Å². The van der Waals surface area contributed by atoms with E-state index in [1.54, 1.807) is 6.07 Å². The summed E-state index contributed by atoms with van der Waals surface area (Å²) in [7, 11) is 0. The lowest BCUT2D eigenvalue weighted by Crippen LogP contribution is -2.20. The van der Waals surface area contributed by atoms with Crippen LogP contribution in [0.15, 0.2) is 29.3 Å². The van der Waals surface area contributed by atoms with Crippen LogP contribution >= 0.6 is 0 Å². The Balaban J connectivity index is 1.72. The van der Waals surface area contributed by atoms with E-state index in [0.29, 0.717) is 6.42 Å². The van der Waals surface area contributed by atoms with Crippen LogP contribution in [0.3, 0.4) is 0 Å². The molecule has 1 N–H and O–H groups in total. The molecule has 1 fully saturated rings. The van der Waals surface area contributed by atoms with Gasteiger partial charge >= 0.3 is 0 Å². The summed E-state index contributed by atoms with van der Waals surface area (Å²) >= 11 is 0. The van der Waals surface area contributed by atoms with Gasteiger partial charge in [-0.05, 0) is 17.7 Å². The minimum Gasteiger partial charge on any atom is -0.474 e. The molecule has 2 heterocycles. The summed E-state index contributed by atoms with van der Waals surface area (Å²) in [5, 5.41) is 3.23. The average molecular weight is 220 g/mol. The molecule has 2 aliphatic heterocycles. The maximum atomic E-state index is 13.0. The maximum Gasteiger partial charge on any atom is 0.188 e. The molecule has 1 aromatic rings. The van der Waals surface area contributed by atoms with Crippen molar-refractivity contribution in [2.45, 2.75) is 18.6 Å². The normalized spacial score (nSPS) is 27.4. The molecule has 0 radical (unpaired) electrons. The molecule has 0 bridgehead atoms. The highest BCUT2D eigenvalue weighted by Gasteiger charge is 2.34. The molecule has 0 saturated carbocycles. The standard InChI is InChI=1S/C12H13FN2O/c13-9-3-1-2-8(4-9)5-12-15-10-6-14-7-11(10)16-12/h1-4,10-11,14H,5-7H2. The second-order valence-corrected chi connectivity index (χ2v) is 4.21. The van der Waals surface area contributed by atoms with Crippen LogP contribution in [-0.2, 0) is 11.2 Å².